The molecule has 0 bridgehead atoms. The highest BCUT2D eigenvalue weighted by Gasteiger charge is 2.33. The number of hydrogen-bond acceptors (Lipinski definition) is 5. The Kier molecular flexibility index (Phi) is 7.43. The zero-order valence-corrected chi connectivity index (χ0v) is 24.5. The summed E-state index contributed by atoms with van der Waals surface area (Å²) in [5.74, 6) is -0.477. The number of nitrogens with one attached hydrogen (secondary N) is 3. The Hall–Kier alpha value is -4.83. The minimum absolute atomic E-state index is 0.0290. The molecule has 1 atom stereocenters. The number of aromatic amines is 1. The summed E-state index contributed by atoms with van der Waals surface area (Å²) in [6.07, 6.45) is 3.89. The number of carbonyl (C=O) groups is 2. The third-order valence-electron chi connectivity index (χ3n) is 8.86. The lowest BCUT2D eigenvalue weighted by Gasteiger charge is -2.40. The molecule has 0 aliphatic carbocycles. The minimum Gasteiger partial charge on any atom is -0.346 e. The van der Waals surface area contributed by atoms with Gasteiger partial charge in [0.05, 0.1) is 41.2 Å². The number of anilines is 1. The molecule has 2 aliphatic rings. The lowest BCUT2D eigenvalue weighted by atomic mass is 9.98. The summed E-state index contributed by atoms with van der Waals surface area (Å²) < 4.78 is 14.2. The predicted octanol–water partition coefficient (Wildman–Crippen LogP) is 5.47. The highest BCUT2D eigenvalue weighted by Crippen LogP contribution is 2.30. The molecule has 4 heterocycles. The Labute approximate surface area is 254 Å². The molecule has 9 nitrogen and oxygen atoms in total. The van der Waals surface area contributed by atoms with Gasteiger partial charge in [0.1, 0.15) is 5.82 Å². The van der Waals surface area contributed by atoms with Gasteiger partial charge in [-0.1, -0.05) is 42.5 Å². The number of H-pyrrole nitrogens is 1. The normalized spacial score (nSPS) is 16.6. The number of para-hydroxylation sites is 2. The quantitative estimate of drug-likeness (QED) is 0.233. The van der Waals surface area contributed by atoms with Crippen molar-refractivity contribution in [3.8, 4) is 0 Å². The van der Waals surface area contributed by atoms with Crippen LogP contribution in [-0.4, -0.2) is 62.6 Å². The molecular weight excluding hydrogens is 557 g/mol. The smallest absolute Gasteiger partial charge is 0.322 e. The molecule has 1 fully saturated rings. The molecule has 10 heteroatoms. The monoisotopic (exact) mass is 591 g/mol. The molecule has 5 aromatic rings. The number of carbonyl (C=O) groups excluding carboxylic acids is 2. The zero-order valence-electron chi connectivity index (χ0n) is 24.5. The third-order valence-corrected chi connectivity index (χ3v) is 8.86. The van der Waals surface area contributed by atoms with Gasteiger partial charge in [-0.05, 0) is 67.1 Å². The second kappa shape index (κ2) is 11.7. The maximum Gasteiger partial charge on any atom is 0.322 e. The zero-order chi connectivity index (χ0) is 30.2. The van der Waals surface area contributed by atoms with Crippen LogP contribution >= 0.6 is 0 Å². The van der Waals surface area contributed by atoms with Gasteiger partial charge in [-0.25, -0.2) is 9.18 Å². The second-order valence-electron chi connectivity index (χ2n) is 11.8. The summed E-state index contributed by atoms with van der Waals surface area (Å²) in [4.78, 5) is 35.1. The van der Waals surface area contributed by atoms with E-state index in [0.717, 1.165) is 57.0 Å². The molecule has 224 valence electrons. The molecule has 7 rings (SSSR count). The van der Waals surface area contributed by atoms with Crippen molar-refractivity contribution >= 4 is 39.4 Å². The van der Waals surface area contributed by atoms with Crippen molar-refractivity contribution in [3.63, 3.8) is 0 Å². The van der Waals surface area contributed by atoms with E-state index in [9.17, 15) is 14.0 Å². The Balaban J connectivity index is 1.03. The van der Waals surface area contributed by atoms with E-state index in [0.29, 0.717) is 26.1 Å². The van der Waals surface area contributed by atoms with Crippen LogP contribution in [0.2, 0.25) is 0 Å². The number of aryl methyl sites for hydroxylation is 1. The molecular formula is C34H34FN7O2. The minimum atomic E-state index is -0.411. The predicted molar refractivity (Wildman–Crippen MR) is 168 cm³/mol. The maximum atomic E-state index is 14.2. The maximum absolute atomic E-state index is 14.2. The summed E-state index contributed by atoms with van der Waals surface area (Å²) >= 11 is 0. The van der Waals surface area contributed by atoms with Crippen molar-refractivity contribution in [1.82, 2.24) is 30.3 Å². The number of fused-ring (bicyclic) bond motifs is 3. The van der Waals surface area contributed by atoms with Crippen LogP contribution in [0.25, 0.3) is 21.8 Å². The Morgan fingerprint density at radius 2 is 1.91 bits per heavy atom. The van der Waals surface area contributed by atoms with E-state index in [4.69, 9.17) is 4.98 Å². The summed E-state index contributed by atoms with van der Waals surface area (Å²) in [5.41, 5.74) is 5.97. The number of halogens is 1. The van der Waals surface area contributed by atoms with Gasteiger partial charge in [-0.2, -0.15) is 5.10 Å². The summed E-state index contributed by atoms with van der Waals surface area (Å²) in [5, 5.41) is 15.3. The fourth-order valence-electron chi connectivity index (χ4n) is 6.57. The van der Waals surface area contributed by atoms with Crippen LogP contribution in [0.3, 0.4) is 0 Å². The number of hydrogen-bond donors (Lipinski definition) is 3. The number of aromatic nitrogens is 3. The number of amides is 3. The molecule has 2 aliphatic heterocycles. The third kappa shape index (κ3) is 5.60. The van der Waals surface area contributed by atoms with Gasteiger partial charge in [0.15, 0.2) is 0 Å². The SMILES string of the molecule is Cc1cc(CC(NC(=O)CN2CCC(N3Cc4cccc(F)c4NC3=O)CC2)c2ccc3ccccc3n2)cc2cn[nH]c12. The summed E-state index contributed by atoms with van der Waals surface area (Å²) in [7, 11) is 0. The van der Waals surface area contributed by atoms with Crippen molar-refractivity contribution in [2.75, 3.05) is 25.0 Å². The topological polar surface area (TPSA) is 106 Å². The van der Waals surface area contributed by atoms with Crippen LogP contribution in [0.4, 0.5) is 14.9 Å². The summed E-state index contributed by atoms with van der Waals surface area (Å²) in [6, 6.07) is 20.6. The van der Waals surface area contributed by atoms with Gasteiger partial charge in [-0.3, -0.25) is 19.8 Å². The number of nitrogens with zero attached hydrogens (tertiary/aromatic N) is 4. The van der Waals surface area contributed by atoms with Crippen molar-refractivity contribution < 1.29 is 14.0 Å². The second-order valence-corrected chi connectivity index (χ2v) is 11.8. The van der Waals surface area contributed by atoms with Crippen molar-refractivity contribution in [2.24, 2.45) is 0 Å². The molecule has 1 saturated heterocycles. The lowest BCUT2D eigenvalue weighted by molar-refractivity contribution is -0.123. The number of pyridine rings is 1. The van der Waals surface area contributed by atoms with Gasteiger partial charge in [0.2, 0.25) is 5.91 Å². The Morgan fingerprint density at radius 3 is 2.77 bits per heavy atom. The van der Waals surface area contributed by atoms with Crippen LogP contribution in [0.15, 0.2) is 72.9 Å². The van der Waals surface area contributed by atoms with E-state index in [1.54, 1.807) is 11.0 Å². The van der Waals surface area contributed by atoms with Gasteiger partial charge in [0, 0.05) is 36.4 Å². The fraction of sp³-hybridized carbons (Fsp3) is 0.294. The molecule has 3 N–H and O–H groups in total. The Bertz CT molecular complexity index is 1860. The average Bonchev–Trinajstić information content (AvgIpc) is 3.51. The van der Waals surface area contributed by atoms with E-state index >= 15 is 0 Å². The first-order valence-corrected chi connectivity index (χ1v) is 15.1. The van der Waals surface area contributed by atoms with Crippen molar-refractivity contribution in [2.45, 2.75) is 44.8 Å². The first-order chi connectivity index (χ1) is 21.4. The van der Waals surface area contributed by atoms with Crippen LogP contribution in [-0.2, 0) is 17.8 Å². The Morgan fingerprint density at radius 1 is 1.07 bits per heavy atom. The van der Waals surface area contributed by atoms with Gasteiger partial charge >= 0.3 is 6.03 Å². The van der Waals surface area contributed by atoms with Crippen LogP contribution < -0.4 is 10.6 Å². The number of piperidine rings is 1. The molecule has 3 aromatic carbocycles. The van der Waals surface area contributed by atoms with Gasteiger partial charge in [-0.15, -0.1) is 0 Å². The van der Waals surface area contributed by atoms with Gasteiger partial charge in [0.25, 0.3) is 0 Å². The van der Waals surface area contributed by atoms with E-state index in [1.165, 1.54) is 6.07 Å². The highest BCUT2D eigenvalue weighted by molar-refractivity contribution is 5.92. The van der Waals surface area contributed by atoms with Crippen LogP contribution in [0, 0.1) is 12.7 Å². The molecule has 3 amide bonds. The van der Waals surface area contributed by atoms with Crippen molar-refractivity contribution in [1.29, 1.82) is 0 Å². The van der Waals surface area contributed by atoms with Crippen LogP contribution in [0.1, 0.15) is 41.3 Å². The van der Waals surface area contributed by atoms with E-state index in [2.05, 4.69) is 50.9 Å². The van der Waals surface area contributed by atoms with Gasteiger partial charge < -0.3 is 15.5 Å². The van der Waals surface area contributed by atoms with Crippen LogP contribution in [0.5, 0.6) is 0 Å². The molecule has 2 aromatic heterocycles. The number of rotatable bonds is 7. The molecule has 44 heavy (non-hydrogen) atoms. The van der Waals surface area contributed by atoms with E-state index < -0.39 is 5.82 Å². The molecule has 0 radical (unpaired) electrons. The highest BCUT2D eigenvalue weighted by atomic mass is 19.1. The summed E-state index contributed by atoms with van der Waals surface area (Å²) in [6.45, 7) is 4.08. The molecule has 0 spiro atoms. The number of urea groups is 1. The number of benzene rings is 3. The lowest BCUT2D eigenvalue weighted by Crippen LogP contribution is -2.51. The average molecular weight is 592 g/mol. The first kappa shape index (κ1) is 28.0. The molecule has 0 saturated carbocycles. The van der Waals surface area contributed by atoms with Crippen molar-refractivity contribution in [3.05, 3.63) is 101 Å². The number of likely N-dealkylation sites (tertiary alicyclic amines) is 1. The largest absolute Gasteiger partial charge is 0.346 e. The molecule has 1 unspecified atom stereocenters. The standard InChI is InChI=1S/C34H34FN7O2/c1-21-15-22(16-25-18-36-40-32(21)25)17-30(29-10-9-23-5-2-3-8-28(23)37-29)38-31(43)20-41-13-11-26(12-14-41)42-19-24-6-4-7-27(35)33(24)39-34(42)44/h2-10,15-16,18,26,30H,11-14,17,19-20H2,1H3,(H,36,40)(H,38,43)(H,39,44). The first-order valence-electron chi connectivity index (χ1n) is 15.1. The van der Waals surface area contributed by atoms with E-state index in [-0.39, 0.29) is 36.3 Å². The van der Waals surface area contributed by atoms with E-state index in [1.807, 2.05) is 42.6 Å². The fourth-order valence-corrected chi connectivity index (χ4v) is 6.57.